The average Bonchev–Trinajstić information content (AvgIpc) is 2.87. The Bertz CT molecular complexity index is 1730. The molecular formula is C27H22Cl2N3NaO6S. The van der Waals surface area contributed by atoms with E-state index in [4.69, 9.17) is 27.9 Å². The van der Waals surface area contributed by atoms with Crippen LogP contribution in [0, 0.1) is 0 Å². The Morgan fingerprint density at radius 3 is 2.40 bits per heavy atom. The van der Waals surface area contributed by atoms with Crippen molar-refractivity contribution in [1.82, 2.24) is 0 Å². The molecule has 0 saturated heterocycles. The number of carbonyl (C=O) groups excluding carboxylic acids is 1. The molecular weight excluding hydrogens is 588 g/mol. The van der Waals surface area contributed by atoms with Crippen molar-refractivity contribution in [2.75, 3.05) is 11.9 Å². The van der Waals surface area contributed by atoms with Crippen LogP contribution in [0.25, 0.3) is 10.8 Å². The average molecular weight is 610 g/mol. The second-order valence-electron chi connectivity index (χ2n) is 8.33. The zero-order valence-corrected chi connectivity index (χ0v) is 26.1. The third-order valence-electron chi connectivity index (χ3n) is 5.70. The molecule has 0 aliphatic carbocycles. The molecule has 0 unspecified atom stereocenters. The van der Waals surface area contributed by atoms with E-state index in [9.17, 15) is 22.9 Å². The molecule has 0 spiro atoms. The van der Waals surface area contributed by atoms with Crippen molar-refractivity contribution in [3.05, 3.63) is 81.8 Å². The summed E-state index contributed by atoms with van der Waals surface area (Å²) in [6.07, 6.45) is 0.314. The van der Waals surface area contributed by atoms with Gasteiger partial charge in [0.25, 0.3) is 16.0 Å². The molecule has 40 heavy (non-hydrogen) atoms. The number of hydrogen-bond donors (Lipinski definition) is 2. The first kappa shape index (κ1) is 31.8. The number of ether oxygens (including phenoxy) is 1. The van der Waals surface area contributed by atoms with Gasteiger partial charge in [0, 0.05) is 27.7 Å². The largest absolute Gasteiger partial charge is 1.00 e. The molecule has 4 aromatic rings. The smallest absolute Gasteiger partial charge is 0.870 e. The Balaban J connectivity index is 0.00000441. The summed E-state index contributed by atoms with van der Waals surface area (Å²) >= 11 is 12.4. The van der Waals surface area contributed by atoms with E-state index in [0.29, 0.717) is 45.8 Å². The Kier molecular flexibility index (Phi) is 10.6. The van der Waals surface area contributed by atoms with Gasteiger partial charge in [-0.3, -0.25) is 9.35 Å². The van der Waals surface area contributed by atoms with E-state index in [2.05, 4.69) is 15.5 Å². The minimum atomic E-state index is -4.49. The first-order chi connectivity index (χ1) is 18.5. The van der Waals surface area contributed by atoms with Crippen molar-refractivity contribution in [3.63, 3.8) is 0 Å². The molecule has 0 aliphatic heterocycles. The topological polar surface area (TPSA) is 140 Å². The first-order valence-electron chi connectivity index (χ1n) is 11.7. The molecule has 9 nitrogen and oxygen atoms in total. The number of rotatable bonds is 8. The molecule has 0 atom stereocenters. The Labute approximate surface area is 263 Å². The SMILES string of the molecule is CCOc1cc(Cl)cc(NC(=O)c2cc3ccccc3c(N=Nc3c(Cl)cc(S(=O)(=O)O)cc3CC)c2[O-])c1.[Na+]. The number of carbonyl (C=O) groups is 1. The van der Waals surface area contributed by atoms with Gasteiger partial charge in [-0.1, -0.05) is 60.1 Å². The van der Waals surface area contributed by atoms with Gasteiger partial charge in [-0.25, -0.2) is 0 Å². The molecule has 0 bridgehead atoms. The molecule has 1 amide bonds. The number of nitrogens with zero attached hydrogens (tertiary/aromatic N) is 2. The maximum Gasteiger partial charge on any atom is 1.00 e. The molecule has 4 rings (SSSR count). The molecule has 4 aromatic carbocycles. The molecule has 202 valence electrons. The number of fused-ring (bicyclic) bond motifs is 1. The third kappa shape index (κ3) is 7.13. The van der Waals surface area contributed by atoms with Crippen LogP contribution >= 0.6 is 23.2 Å². The monoisotopic (exact) mass is 609 g/mol. The van der Waals surface area contributed by atoms with Crippen LogP contribution < -0.4 is 44.7 Å². The minimum Gasteiger partial charge on any atom is -0.870 e. The van der Waals surface area contributed by atoms with E-state index in [1.54, 1.807) is 43.3 Å². The molecule has 0 saturated carbocycles. The van der Waals surface area contributed by atoms with Crippen molar-refractivity contribution in [2.24, 2.45) is 10.2 Å². The molecule has 0 heterocycles. The van der Waals surface area contributed by atoms with Crippen LogP contribution in [0.2, 0.25) is 10.0 Å². The second kappa shape index (κ2) is 13.3. The van der Waals surface area contributed by atoms with Crippen LogP contribution in [-0.4, -0.2) is 25.5 Å². The summed E-state index contributed by atoms with van der Waals surface area (Å²) in [5, 5.41) is 25.8. The fourth-order valence-electron chi connectivity index (χ4n) is 3.92. The second-order valence-corrected chi connectivity index (χ2v) is 10.6. The third-order valence-corrected chi connectivity index (χ3v) is 7.04. The summed E-state index contributed by atoms with van der Waals surface area (Å²) in [5.41, 5.74) is 0.577. The molecule has 0 aliphatic rings. The van der Waals surface area contributed by atoms with Gasteiger partial charge in [0.15, 0.2) is 0 Å². The van der Waals surface area contributed by atoms with Gasteiger partial charge in [-0.15, -0.1) is 5.11 Å². The van der Waals surface area contributed by atoms with Gasteiger partial charge in [0.1, 0.15) is 11.4 Å². The number of aryl methyl sites for hydroxylation is 1. The standard InChI is InChI=1S/C27H23Cl2N3O6S.Na/c1-3-15-9-20(39(35,36)37)14-23(29)24(15)31-32-25-21-8-6-5-7-16(21)10-22(26(25)33)27(34)30-18-11-17(28)12-19(13-18)38-4-2;/h5-14,33H,3-4H2,1-2H3,(H,30,34)(H,35,36,37);/q;+1/p-1. The Morgan fingerprint density at radius 2 is 1.73 bits per heavy atom. The maximum absolute atomic E-state index is 13.5. The summed E-state index contributed by atoms with van der Waals surface area (Å²) in [7, 11) is -4.49. The normalized spacial score (nSPS) is 11.4. The van der Waals surface area contributed by atoms with E-state index in [0.717, 1.165) is 6.07 Å². The van der Waals surface area contributed by atoms with Crippen molar-refractivity contribution < 1.29 is 57.2 Å². The van der Waals surface area contributed by atoms with Crippen LogP contribution in [0.3, 0.4) is 0 Å². The number of benzene rings is 4. The van der Waals surface area contributed by atoms with Crippen molar-refractivity contribution in [3.8, 4) is 11.5 Å². The van der Waals surface area contributed by atoms with Gasteiger partial charge in [-0.05, 0) is 54.6 Å². The zero-order chi connectivity index (χ0) is 28.3. The van der Waals surface area contributed by atoms with Gasteiger partial charge in [0.05, 0.1) is 22.2 Å². The quantitative estimate of drug-likeness (QED) is 0.175. The number of azo groups is 1. The summed E-state index contributed by atoms with van der Waals surface area (Å²) < 4.78 is 38.0. The number of halogens is 2. The predicted octanol–water partition coefficient (Wildman–Crippen LogP) is 4.10. The molecule has 2 N–H and O–H groups in total. The Morgan fingerprint density at radius 1 is 1.02 bits per heavy atom. The van der Waals surface area contributed by atoms with E-state index < -0.39 is 21.8 Å². The molecule has 0 fully saturated rings. The van der Waals surface area contributed by atoms with Crippen LogP contribution in [0.5, 0.6) is 11.5 Å². The molecule has 0 aromatic heterocycles. The van der Waals surface area contributed by atoms with Crippen LogP contribution in [0.4, 0.5) is 17.1 Å². The van der Waals surface area contributed by atoms with Gasteiger partial charge >= 0.3 is 29.6 Å². The van der Waals surface area contributed by atoms with Gasteiger partial charge < -0.3 is 15.2 Å². The van der Waals surface area contributed by atoms with Crippen LogP contribution in [0.15, 0.2) is 75.8 Å². The predicted molar refractivity (Wildman–Crippen MR) is 149 cm³/mol. The van der Waals surface area contributed by atoms with Gasteiger partial charge in [0.2, 0.25) is 0 Å². The number of hydrogen-bond acceptors (Lipinski definition) is 7. The fraction of sp³-hybridized carbons (Fsp3) is 0.148. The summed E-state index contributed by atoms with van der Waals surface area (Å²) in [5.74, 6) is -0.901. The van der Waals surface area contributed by atoms with Gasteiger partial charge in [-0.2, -0.15) is 13.5 Å². The van der Waals surface area contributed by atoms with Crippen molar-refractivity contribution >= 4 is 67.1 Å². The molecule has 13 heteroatoms. The summed E-state index contributed by atoms with van der Waals surface area (Å²) in [4.78, 5) is 12.8. The summed E-state index contributed by atoms with van der Waals surface area (Å²) in [6.45, 7) is 3.96. The molecule has 0 radical (unpaired) electrons. The fourth-order valence-corrected chi connectivity index (χ4v) is 5.04. The van der Waals surface area contributed by atoms with E-state index in [1.807, 2.05) is 6.92 Å². The minimum absolute atomic E-state index is 0. The van der Waals surface area contributed by atoms with Crippen molar-refractivity contribution in [1.29, 1.82) is 0 Å². The maximum atomic E-state index is 13.5. The first-order valence-corrected chi connectivity index (χ1v) is 13.9. The Hall–Kier alpha value is -2.70. The van der Waals surface area contributed by atoms with E-state index in [1.165, 1.54) is 18.2 Å². The number of amides is 1. The summed E-state index contributed by atoms with van der Waals surface area (Å²) in [6, 6.07) is 15.3. The van der Waals surface area contributed by atoms with Crippen LogP contribution in [0.1, 0.15) is 29.8 Å². The van der Waals surface area contributed by atoms with E-state index >= 15 is 0 Å². The van der Waals surface area contributed by atoms with Crippen LogP contribution in [-0.2, 0) is 16.5 Å². The number of anilines is 1. The van der Waals surface area contributed by atoms with E-state index in [-0.39, 0.29) is 56.4 Å². The van der Waals surface area contributed by atoms with Crippen molar-refractivity contribution in [2.45, 2.75) is 25.2 Å². The number of nitrogens with one attached hydrogen (secondary N) is 1. The zero-order valence-electron chi connectivity index (χ0n) is 21.7.